The number of benzene rings is 1. The molecule has 0 aliphatic rings. The minimum absolute atomic E-state index is 0.181. The fourth-order valence-corrected chi connectivity index (χ4v) is 1.99. The molecule has 0 atom stereocenters. The van der Waals surface area contributed by atoms with Gasteiger partial charge in [-0.15, -0.1) is 4.57 Å². The van der Waals surface area contributed by atoms with E-state index in [4.69, 9.17) is 5.11 Å². The van der Waals surface area contributed by atoms with Crippen molar-refractivity contribution in [2.24, 2.45) is 0 Å². The van der Waals surface area contributed by atoms with Gasteiger partial charge < -0.3 is 5.11 Å². The monoisotopic (exact) mass is 256 g/mol. The molecule has 0 saturated carbocycles. The fourth-order valence-electron chi connectivity index (χ4n) is 1.99. The highest BCUT2D eigenvalue weighted by atomic mass is 16.4. The maximum Gasteiger partial charge on any atom is 0.418 e. The first-order valence-electron chi connectivity index (χ1n) is 5.62. The molecule has 0 unspecified atom stereocenters. The van der Waals surface area contributed by atoms with Gasteiger partial charge in [-0.3, -0.25) is 4.98 Å². The second-order valence-electron chi connectivity index (χ2n) is 4.05. The summed E-state index contributed by atoms with van der Waals surface area (Å²) in [5.74, 6) is -0.996. The molecule has 19 heavy (non-hydrogen) atoms. The van der Waals surface area contributed by atoms with Gasteiger partial charge in [0.15, 0.2) is 0 Å². The number of carboxylic acid groups (broad SMARTS) is 1. The van der Waals surface area contributed by atoms with Crippen LogP contribution >= 0.6 is 0 Å². The Balaban J connectivity index is 2.21. The second-order valence-corrected chi connectivity index (χ2v) is 4.05. The smallest absolute Gasteiger partial charge is 0.418 e. The zero-order valence-corrected chi connectivity index (χ0v) is 9.75. The Hall–Kier alpha value is -2.89. The van der Waals surface area contributed by atoms with Gasteiger partial charge in [0.25, 0.3) is 0 Å². The summed E-state index contributed by atoms with van der Waals surface area (Å²) >= 11 is 0. The zero-order valence-electron chi connectivity index (χ0n) is 9.75. The summed E-state index contributed by atoms with van der Waals surface area (Å²) < 4.78 is 1.46. The van der Waals surface area contributed by atoms with Gasteiger partial charge in [-0.05, 0) is 36.4 Å². The number of fused-ring (bicyclic) bond motifs is 1. The first-order valence-corrected chi connectivity index (χ1v) is 5.62. The number of imidazole rings is 1. The second kappa shape index (κ2) is 4.09. The molecule has 2 aromatic heterocycles. The Morgan fingerprint density at radius 2 is 1.95 bits per heavy atom. The minimum Gasteiger partial charge on any atom is -0.478 e. The Morgan fingerprint density at radius 1 is 1.21 bits per heavy atom. The molecule has 0 amide bonds. The largest absolute Gasteiger partial charge is 0.478 e. The van der Waals surface area contributed by atoms with E-state index in [0.29, 0.717) is 16.9 Å². The summed E-state index contributed by atoms with van der Waals surface area (Å²) in [6.07, 6.45) is 1.72. The van der Waals surface area contributed by atoms with Crippen molar-refractivity contribution < 1.29 is 14.9 Å². The number of aromatic carboxylic acids is 1. The average Bonchev–Trinajstić information content (AvgIpc) is 2.74. The van der Waals surface area contributed by atoms with E-state index in [0.717, 1.165) is 0 Å². The molecule has 0 aliphatic heterocycles. The van der Waals surface area contributed by atoms with Gasteiger partial charge in [-0.2, -0.15) is 0 Å². The van der Waals surface area contributed by atoms with E-state index in [-0.39, 0.29) is 11.3 Å². The number of aromatic amines is 2. The van der Waals surface area contributed by atoms with Crippen molar-refractivity contribution in [2.75, 3.05) is 0 Å². The molecule has 1 aromatic carbocycles. The SMILES string of the molecule is O=C(O)c1ccc(-n2c(=O)[nH]c3ccc[nH+]c32)cc1. The summed E-state index contributed by atoms with van der Waals surface area (Å²) in [5, 5.41) is 8.85. The number of carbonyl (C=O) groups is 1. The summed E-state index contributed by atoms with van der Waals surface area (Å²) in [5.41, 5.74) is 1.83. The Morgan fingerprint density at radius 3 is 2.63 bits per heavy atom. The first-order chi connectivity index (χ1) is 9.16. The van der Waals surface area contributed by atoms with Crippen LogP contribution in [0.5, 0.6) is 0 Å². The normalized spacial score (nSPS) is 10.7. The molecule has 3 rings (SSSR count). The molecule has 0 radical (unpaired) electrons. The molecule has 0 bridgehead atoms. The molecule has 2 heterocycles. The topological polar surface area (TPSA) is 89.2 Å². The molecule has 6 nitrogen and oxygen atoms in total. The van der Waals surface area contributed by atoms with E-state index >= 15 is 0 Å². The van der Waals surface area contributed by atoms with Crippen LogP contribution in [0.3, 0.4) is 0 Å². The van der Waals surface area contributed by atoms with Gasteiger partial charge in [0.2, 0.25) is 0 Å². The molecule has 0 saturated heterocycles. The number of rotatable bonds is 2. The molecular formula is C13H10N3O3+. The molecule has 0 spiro atoms. The van der Waals surface area contributed by atoms with E-state index in [1.54, 1.807) is 30.5 Å². The number of pyridine rings is 1. The third-order valence-electron chi connectivity index (χ3n) is 2.88. The van der Waals surface area contributed by atoms with E-state index in [1.807, 2.05) is 0 Å². The molecule has 0 aliphatic carbocycles. The van der Waals surface area contributed by atoms with Gasteiger partial charge in [0, 0.05) is 0 Å². The Bertz CT molecular complexity index is 815. The van der Waals surface area contributed by atoms with E-state index in [1.165, 1.54) is 16.7 Å². The predicted octanol–water partition coefficient (Wildman–Crippen LogP) is 0.831. The van der Waals surface area contributed by atoms with Crippen LogP contribution in [-0.2, 0) is 0 Å². The predicted molar refractivity (Wildman–Crippen MR) is 67.4 cm³/mol. The van der Waals surface area contributed by atoms with Gasteiger partial charge in [-0.25, -0.2) is 14.6 Å². The number of nitrogens with zero attached hydrogens (tertiary/aromatic N) is 1. The lowest BCUT2D eigenvalue weighted by molar-refractivity contribution is -0.348. The lowest BCUT2D eigenvalue weighted by atomic mass is 10.2. The van der Waals surface area contributed by atoms with Crippen LogP contribution in [0.25, 0.3) is 16.9 Å². The van der Waals surface area contributed by atoms with Crippen molar-refractivity contribution in [2.45, 2.75) is 0 Å². The van der Waals surface area contributed by atoms with Crippen molar-refractivity contribution >= 4 is 17.1 Å². The van der Waals surface area contributed by atoms with Crippen LogP contribution in [-0.4, -0.2) is 20.6 Å². The number of aromatic nitrogens is 3. The molecule has 0 fully saturated rings. The van der Waals surface area contributed by atoms with Gasteiger partial charge in [0.1, 0.15) is 11.2 Å². The summed E-state index contributed by atoms with van der Waals surface area (Å²) in [6, 6.07) is 9.70. The molecular weight excluding hydrogens is 246 g/mol. The van der Waals surface area contributed by atoms with E-state index in [9.17, 15) is 9.59 Å². The quantitative estimate of drug-likeness (QED) is 0.711. The van der Waals surface area contributed by atoms with Crippen LogP contribution in [0.1, 0.15) is 10.4 Å². The maximum atomic E-state index is 11.9. The summed E-state index contributed by atoms with van der Waals surface area (Å²) in [6.45, 7) is 0. The van der Waals surface area contributed by atoms with E-state index < -0.39 is 5.97 Å². The van der Waals surface area contributed by atoms with Crippen LogP contribution in [0.15, 0.2) is 47.4 Å². The molecule has 6 heteroatoms. The zero-order chi connectivity index (χ0) is 13.4. The van der Waals surface area contributed by atoms with E-state index in [2.05, 4.69) is 9.97 Å². The van der Waals surface area contributed by atoms with Gasteiger partial charge in [0.05, 0.1) is 11.8 Å². The van der Waals surface area contributed by atoms with Gasteiger partial charge >= 0.3 is 17.3 Å². The van der Waals surface area contributed by atoms with Gasteiger partial charge in [-0.1, -0.05) is 0 Å². The van der Waals surface area contributed by atoms with Crippen molar-refractivity contribution in [1.29, 1.82) is 0 Å². The summed E-state index contributed by atoms with van der Waals surface area (Å²) in [4.78, 5) is 28.4. The Labute approximate surface area is 107 Å². The van der Waals surface area contributed by atoms with Crippen molar-refractivity contribution in [3.05, 3.63) is 58.6 Å². The number of nitrogens with one attached hydrogen (secondary N) is 2. The fraction of sp³-hybridized carbons (Fsp3) is 0. The van der Waals surface area contributed by atoms with Crippen molar-refractivity contribution in [3.63, 3.8) is 0 Å². The van der Waals surface area contributed by atoms with Crippen LogP contribution in [0, 0.1) is 0 Å². The number of hydrogen-bond acceptors (Lipinski definition) is 2. The third-order valence-corrected chi connectivity index (χ3v) is 2.88. The third kappa shape index (κ3) is 1.79. The lowest BCUT2D eigenvalue weighted by Crippen LogP contribution is -2.18. The number of hydrogen-bond donors (Lipinski definition) is 2. The number of H-pyrrole nitrogens is 2. The Kier molecular flexibility index (Phi) is 2.42. The highest BCUT2D eigenvalue weighted by Crippen LogP contribution is 2.12. The molecule has 3 N–H and O–H groups in total. The summed E-state index contributed by atoms with van der Waals surface area (Å²) in [7, 11) is 0. The first kappa shape index (κ1) is 11.2. The number of carboxylic acids is 1. The lowest BCUT2D eigenvalue weighted by Gasteiger charge is -1.97. The van der Waals surface area contributed by atoms with Crippen LogP contribution in [0.2, 0.25) is 0 Å². The van der Waals surface area contributed by atoms with Crippen molar-refractivity contribution in [3.8, 4) is 5.69 Å². The van der Waals surface area contributed by atoms with Crippen LogP contribution < -0.4 is 10.7 Å². The standard InChI is InChI=1S/C13H9N3O3/c17-12(18)8-3-5-9(6-4-8)16-11-10(15-13(16)19)2-1-7-14-11/h1-7H,(H,15,19)(H,17,18)/p+1. The minimum atomic E-state index is -0.996. The molecule has 3 aromatic rings. The van der Waals surface area contributed by atoms with Crippen LogP contribution in [0.4, 0.5) is 0 Å². The highest BCUT2D eigenvalue weighted by Gasteiger charge is 2.17. The highest BCUT2D eigenvalue weighted by molar-refractivity contribution is 5.87. The molecule has 94 valence electrons. The van der Waals surface area contributed by atoms with Crippen molar-refractivity contribution in [1.82, 2.24) is 9.55 Å². The average molecular weight is 256 g/mol. The maximum absolute atomic E-state index is 11.9.